The van der Waals surface area contributed by atoms with Crippen LogP contribution in [0.3, 0.4) is 0 Å². The van der Waals surface area contributed by atoms with E-state index in [-0.39, 0.29) is 24.5 Å². The highest BCUT2D eigenvalue weighted by Crippen LogP contribution is 2.27. The van der Waals surface area contributed by atoms with Crippen LogP contribution in [0.25, 0.3) is 11.3 Å². The summed E-state index contributed by atoms with van der Waals surface area (Å²) in [4.78, 5) is 25.5. The fourth-order valence-corrected chi connectivity index (χ4v) is 3.84. The molecule has 3 aromatic rings. The zero-order chi connectivity index (χ0) is 23.1. The van der Waals surface area contributed by atoms with E-state index in [0.717, 1.165) is 35.4 Å². The molecule has 0 aliphatic rings. The SMILES string of the molecule is CCOC(=O)c1cc(-c2ccc(C)cc2)n(CC(=O)N[C@@H](CC)Cc2ccccc2)c1C. The maximum atomic E-state index is 13.0. The number of nitrogens with zero attached hydrogens (tertiary/aromatic N) is 1. The third-order valence-corrected chi connectivity index (χ3v) is 5.69. The molecule has 0 spiro atoms. The summed E-state index contributed by atoms with van der Waals surface area (Å²) in [6, 6.07) is 20.1. The largest absolute Gasteiger partial charge is 0.462 e. The Morgan fingerprint density at radius 2 is 1.69 bits per heavy atom. The van der Waals surface area contributed by atoms with Crippen LogP contribution in [0.4, 0.5) is 0 Å². The summed E-state index contributed by atoms with van der Waals surface area (Å²) in [6.45, 7) is 8.20. The molecule has 168 valence electrons. The molecule has 5 nitrogen and oxygen atoms in total. The first-order valence-electron chi connectivity index (χ1n) is 11.2. The lowest BCUT2D eigenvalue weighted by Gasteiger charge is -2.19. The van der Waals surface area contributed by atoms with Crippen LogP contribution in [-0.2, 0) is 22.5 Å². The van der Waals surface area contributed by atoms with E-state index in [0.29, 0.717) is 12.2 Å². The Morgan fingerprint density at radius 3 is 2.31 bits per heavy atom. The van der Waals surface area contributed by atoms with Gasteiger partial charge in [-0.2, -0.15) is 0 Å². The van der Waals surface area contributed by atoms with Gasteiger partial charge in [-0.1, -0.05) is 67.1 Å². The van der Waals surface area contributed by atoms with Gasteiger partial charge in [0.2, 0.25) is 5.91 Å². The highest BCUT2D eigenvalue weighted by Gasteiger charge is 2.21. The summed E-state index contributed by atoms with van der Waals surface area (Å²) in [5.74, 6) is -0.441. The minimum atomic E-state index is -0.368. The second-order valence-electron chi connectivity index (χ2n) is 8.06. The third-order valence-electron chi connectivity index (χ3n) is 5.69. The number of nitrogens with one attached hydrogen (secondary N) is 1. The molecule has 2 aromatic carbocycles. The standard InChI is InChI=1S/C27H32N2O3/c1-5-23(16-21-10-8-7-9-11-21)28-26(30)18-29-20(4)24(27(31)32-6-2)17-25(29)22-14-12-19(3)13-15-22/h7-15,17,23H,5-6,16,18H2,1-4H3,(H,28,30)/t23-/m0/s1. The molecule has 32 heavy (non-hydrogen) atoms. The van der Waals surface area contributed by atoms with Gasteiger partial charge in [0.05, 0.1) is 12.2 Å². The number of carbonyl (C=O) groups is 2. The van der Waals surface area contributed by atoms with Crippen LogP contribution >= 0.6 is 0 Å². The van der Waals surface area contributed by atoms with Gasteiger partial charge >= 0.3 is 5.97 Å². The van der Waals surface area contributed by atoms with E-state index < -0.39 is 0 Å². The van der Waals surface area contributed by atoms with Crippen LogP contribution in [0.5, 0.6) is 0 Å². The van der Waals surface area contributed by atoms with Gasteiger partial charge in [0, 0.05) is 17.4 Å². The molecular weight excluding hydrogens is 400 g/mol. The number of benzene rings is 2. The predicted molar refractivity (Wildman–Crippen MR) is 128 cm³/mol. The molecule has 0 fully saturated rings. The van der Waals surface area contributed by atoms with Gasteiger partial charge in [0.1, 0.15) is 6.54 Å². The summed E-state index contributed by atoms with van der Waals surface area (Å²) in [7, 11) is 0. The molecule has 0 saturated carbocycles. The first kappa shape index (κ1) is 23.3. The Hall–Kier alpha value is -3.34. The number of hydrogen-bond donors (Lipinski definition) is 1. The number of ether oxygens (including phenoxy) is 1. The zero-order valence-electron chi connectivity index (χ0n) is 19.4. The number of esters is 1. The summed E-state index contributed by atoms with van der Waals surface area (Å²) in [5.41, 5.74) is 5.35. The van der Waals surface area contributed by atoms with E-state index in [1.54, 1.807) is 6.92 Å². The van der Waals surface area contributed by atoms with Crippen molar-refractivity contribution in [3.8, 4) is 11.3 Å². The van der Waals surface area contributed by atoms with Crippen molar-refractivity contribution in [1.29, 1.82) is 0 Å². The summed E-state index contributed by atoms with van der Waals surface area (Å²) in [6.07, 6.45) is 1.62. The van der Waals surface area contributed by atoms with Crippen molar-refractivity contribution in [2.24, 2.45) is 0 Å². The zero-order valence-corrected chi connectivity index (χ0v) is 19.4. The molecule has 1 N–H and O–H groups in total. The van der Waals surface area contributed by atoms with Crippen molar-refractivity contribution in [3.63, 3.8) is 0 Å². The molecule has 0 aliphatic carbocycles. The van der Waals surface area contributed by atoms with Crippen molar-refractivity contribution in [1.82, 2.24) is 9.88 Å². The molecule has 1 aromatic heterocycles. The number of aryl methyl sites for hydroxylation is 1. The second-order valence-corrected chi connectivity index (χ2v) is 8.06. The Balaban J connectivity index is 1.85. The third kappa shape index (κ3) is 5.67. The molecule has 5 heteroatoms. The van der Waals surface area contributed by atoms with Crippen molar-refractivity contribution in [3.05, 3.63) is 83.0 Å². The maximum Gasteiger partial charge on any atom is 0.339 e. The Bertz CT molecular complexity index is 1050. The van der Waals surface area contributed by atoms with E-state index in [4.69, 9.17) is 4.74 Å². The lowest BCUT2D eigenvalue weighted by atomic mass is 10.0. The molecule has 1 amide bonds. The predicted octanol–water partition coefficient (Wildman–Crippen LogP) is 5.09. The average Bonchev–Trinajstić information content (AvgIpc) is 3.11. The topological polar surface area (TPSA) is 60.3 Å². The summed E-state index contributed by atoms with van der Waals surface area (Å²) >= 11 is 0. The number of amides is 1. The molecule has 0 bridgehead atoms. The van der Waals surface area contributed by atoms with Gasteiger partial charge in [0.25, 0.3) is 0 Å². The van der Waals surface area contributed by atoms with Crippen LogP contribution in [-0.4, -0.2) is 29.1 Å². The van der Waals surface area contributed by atoms with Gasteiger partial charge in [-0.15, -0.1) is 0 Å². The Kier molecular flexibility index (Phi) is 7.87. The first-order chi connectivity index (χ1) is 15.4. The number of rotatable bonds is 9. The second kappa shape index (κ2) is 10.8. The summed E-state index contributed by atoms with van der Waals surface area (Å²) in [5, 5.41) is 3.17. The van der Waals surface area contributed by atoms with Gasteiger partial charge in [-0.25, -0.2) is 4.79 Å². The number of aromatic nitrogens is 1. The molecule has 0 saturated heterocycles. The quantitative estimate of drug-likeness (QED) is 0.479. The fourth-order valence-electron chi connectivity index (χ4n) is 3.84. The molecule has 0 unspecified atom stereocenters. The Morgan fingerprint density at radius 1 is 1.00 bits per heavy atom. The van der Waals surface area contributed by atoms with Crippen LogP contribution in [0, 0.1) is 13.8 Å². The minimum absolute atomic E-state index is 0.0492. The normalized spacial score (nSPS) is 11.8. The van der Waals surface area contributed by atoms with E-state index >= 15 is 0 Å². The van der Waals surface area contributed by atoms with Crippen molar-refractivity contribution in [2.45, 2.75) is 53.1 Å². The smallest absolute Gasteiger partial charge is 0.339 e. The molecular formula is C27H32N2O3. The first-order valence-corrected chi connectivity index (χ1v) is 11.2. The van der Waals surface area contributed by atoms with Gasteiger partial charge in [-0.3, -0.25) is 4.79 Å². The molecule has 1 atom stereocenters. The van der Waals surface area contributed by atoms with Crippen LogP contribution in [0.1, 0.15) is 47.4 Å². The van der Waals surface area contributed by atoms with Crippen molar-refractivity contribution < 1.29 is 14.3 Å². The van der Waals surface area contributed by atoms with E-state index in [1.807, 2.05) is 66.9 Å². The molecule has 3 rings (SSSR count). The van der Waals surface area contributed by atoms with E-state index in [9.17, 15) is 9.59 Å². The van der Waals surface area contributed by atoms with Crippen LogP contribution in [0.15, 0.2) is 60.7 Å². The number of carbonyl (C=O) groups excluding carboxylic acids is 2. The van der Waals surface area contributed by atoms with Crippen LogP contribution in [0.2, 0.25) is 0 Å². The van der Waals surface area contributed by atoms with Crippen LogP contribution < -0.4 is 5.32 Å². The lowest BCUT2D eigenvalue weighted by Crippen LogP contribution is -2.38. The molecule has 1 heterocycles. The Labute approximate surface area is 190 Å². The maximum absolute atomic E-state index is 13.0. The monoisotopic (exact) mass is 432 g/mol. The number of hydrogen-bond acceptors (Lipinski definition) is 3. The average molecular weight is 433 g/mol. The highest BCUT2D eigenvalue weighted by molar-refractivity contribution is 5.93. The van der Waals surface area contributed by atoms with Gasteiger partial charge in [0.15, 0.2) is 0 Å². The van der Waals surface area contributed by atoms with Gasteiger partial charge in [-0.05, 0) is 50.8 Å². The van der Waals surface area contributed by atoms with Crippen molar-refractivity contribution >= 4 is 11.9 Å². The summed E-state index contributed by atoms with van der Waals surface area (Å²) < 4.78 is 7.14. The van der Waals surface area contributed by atoms with E-state index in [1.165, 1.54) is 5.56 Å². The molecule has 0 aliphatic heterocycles. The minimum Gasteiger partial charge on any atom is -0.462 e. The fraction of sp³-hybridized carbons (Fsp3) is 0.333. The lowest BCUT2D eigenvalue weighted by molar-refractivity contribution is -0.122. The van der Waals surface area contributed by atoms with E-state index in [2.05, 4.69) is 24.4 Å². The van der Waals surface area contributed by atoms with Gasteiger partial charge < -0.3 is 14.6 Å². The molecule has 0 radical (unpaired) electrons. The van der Waals surface area contributed by atoms with Crippen molar-refractivity contribution in [2.75, 3.05) is 6.61 Å². The highest BCUT2D eigenvalue weighted by atomic mass is 16.5.